The van der Waals surface area contributed by atoms with Gasteiger partial charge in [-0.25, -0.2) is 4.98 Å². The summed E-state index contributed by atoms with van der Waals surface area (Å²) in [7, 11) is 1.55. The second-order valence-corrected chi connectivity index (χ2v) is 3.80. The maximum atomic E-state index is 11.2. The number of ether oxygens (including phenoxy) is 1. The number of carbonyl (C=O) groups excluding carboxylic acids is 1. The van der Waals surface area contributed by atoms with E-state index >= 15 is 0 Å². The molecule has 1 aliphatic heterocycles. The lowest BCUT2D eigenvalue weighted by Crippen LogP contribution is -2.05. The van der Waals surface area contributed by atoms with Crippen molar-refractivity contribution in [2.75, 3.05) is 12.4 Å². The molecule has 0 aliphatic carbocycles. The molecule has 0 saturated heterocycles. The van der Waals surface area contributed by atoms with Crippen LogP contribution in [0.4, 0.5) is 5.82 Å². The highest BCUT2D eigenvalue weighted by molar-refractivity contribution is 5.98. The van der Waals surface area contributed by atoms with Gasteiger partial charge in [-0.15, -0.1) is 0 Å². The minimum absolute atomic E-state index is 0.0569. The Morgan fingerprint density at radius 2 is 2.13 bits per heavy atom. The molecule has 1 N–H and O–H groups in total. The first-order valence-electron chi connectivity index (χ1n) is 4.86. The summed E-state index contributed by atoms with van der Waals surface area (Å²) in [4.78, 5) is 19.8. The van der Waals surface area contributed by atoms with Gasteiger partial charge in [-0.3, -0.25) is 4.79 Å². The van der Waals surface area contributed by atoms with Crippen LogP contribution in [0, 0.1) is 0 Å². The maximum absolute atomic E-state index is 11.2. The first-order valence-corrected chi connectivity index (χ1v) is 4.86. The number of aromatic nitrogens is 2. The fourth-order valence-corrected chi connectivity index (χ4v) is 1.51. The van der Waals surface area contributed by atoms with Crippen LogP contribution in [0.15, 0.2) is 0 Å². The number of nitrogens with one attached hydrogen (secondary N) is 1. The Bertz CT molecular complexity index is 415. The molecule has 0 unspecified atom stereocenters. The number of carbonyl (C=O) groups is 1. The summed E-state index contributed by atoms with van der Waals surface area (Å²) < 4.78 is 5.15. The van der Waals surface area contributed by atoms with E-state index in [1.807, 2.05) is 13.8 Å². The fraction of sp³-hybridized carbons (Fsp3) is 0.500. The molecular formula is C10H13N3O2. The Balaban J connectivity index is 2.52. The average molecular weight is 207 g/mol. The third-order valence-corrected chi connectivity index (χ3v) is 2.29. The highest BCUT2D eigenvalue weighted by Gasteiger charge is 2.25. The molecule has 1 aromatic heterocycles. The van der Waals surface area contributed by atoms with Crippen molar-refractivity contribution in [2.45, 2.75) is 26.2 Å². The van der Waals surface area contributed by atoms with Gasteiger partial charge >= 0.3 is 0 Å². The zero-order valence-corrected chi connectivity index (χ0v) is 9.00. The van der Waals surface area contributed by atoms with Crippen molar-refractivity contribution in [3.8, 4) is 5.88 Å². The smallest absolute Gasteiger partial charge is 0.230 e. The van der Waals surface area contributed by atoms with Crippen LogP contribution in [-0.2, 0) is 11.2 Å². The zero-order chi connectivity index (χ0) is 11.0. The average Bonchev–Trinajstić information content (AvgIpc) is 2.56. The van der Waals surface area contributed by atoms with Crippen LogP contribution in [-0.4, -0.2) is 23.0 Å². The number of amides is 1. The van der Waals surface area contributed by atoms with Gasteiger partial charge in [0, 0.05) is 5.92 Å². The predicted molar refractivity (Wildman–Crippen MR) is 55.0 cm³/mol. The first-order chi connectivity index (χ1) is 7.11. The van der Waals surface area contributed by atoms with Crippen molar-refractivity contribution in [3.05, 3.63) is 11.4 Å². The molecule has 0 bridgehead atoms. The Morgan fingerprint density at radius 1 is 1.40 bits per heavy atom. The lowest BCUT2D eigenvalue weighted by Gasteiger charge is -2.09. The highest BCUT2D eigenvalue weighted by atomic mass is 16.5. The summed E-state index contributed by atoms with van der Waals surface area (Å²) >= 11 is 0. The molecule has 0 fully saturated rings. The van der Waals surface area contributed by atoms with Gasteiger partial charge in [0.1, 0.15) is 11.6 Å². The number of methoxy groups -OCH3 is 1. The minimum atomic E-state index is -0.0569. The van der Waals surface area contributed by atoms with Crippen LogP contribution in [0.1, 0.15) is 31.2 Å². The summed E-state index contributed by atoms with van der Waals surface area (Å²) in [6.07, 6.45) is 0.302. The van der Waals surface area contributed by atoms with Crippen molar-refractivity contribution >= 4 is 11.7 Å². The molecule has 5 heteroatoms. The molecule has 5 nitrogen and oxygen atoms in total. The van der Waals surface area contributed by atoms with Crippen LogP contribution in [0.3, 0.4) is 0 Å². The van der Waals surface area contributed by atoms with Crippen molar-refractivity contribution in [1.82, 2.24) is 9.97 Å². The summed E-state index contributed by atoms with van der Waals surface area (Å²) in [5.74, 6) is 1.94. The van der Waals surface area contributed by atoms with Crippen molar-refractivity contribution in [3.63, 3.8) is 0 Å². The van der Waals surface area contributed by atoms with E-state index in [-0.39, 0.29) is 11.8 Å². The Kier molecular flexibility index (Phi) is 2.30. The molecule has 0 aromatic carbocycles. The molecule has 15 heavy (non-hydrogen) atoms. The summed E-state index contributed by atoms with van der Waals surface area (Å²) in [5.41, 5.74) is 0.756. The van der Waals surface area contributed by atoms with Gasteiger partial charge in [0.15, 0.2) is 0 Å². The second kappa shape index (κ2) is 3.49. The number of rotatable bonds is 2. The Labute approximate surface area is 87.9 Å². The zero-order valence-electron chi connectivity index (χ0n) is 9.00. The molecule has 0 radical (unpaired) electrons. The topological polar surface area (TPSA) is 64.1 Å². The molecule has 2 heterocycles. The molecule has 1 aliphatic rings. The quantitative estimate of drug-likeness (QED) is 0.788. The summed E-state index contributed by atoms with van der Waals surface area (Å²) in [6.45, 7) is 4.00. The molecule has 1 amide bonds. The maximum Gasteiger partial charge on any atom is 0.230 e. The van der Waals surface area contributed by atoms with Crippen LogP contribution in [0.25, 0.3) is 0 Å². The molecule has 1 aromatic rings. The van der Waals surface area contributed by atoms with Crippen molar-refractivity contribution in [1.29, 1.82) is 0 Å². The van der Waals surface area contributed by atoms with Gasteiger partial charge in [-0.2, -0.15) is 4.98 Å². The SMILES string of the molecule is COc1nc(C(C)C)nc2c1CC(=O)N2. The fourth-order valence-electron chi connectivity index (χ4n) is 1.51. The minimum Gasteiger partial charge on any atom is -0.481 e. The molecular weight excluding hydrogens is 194 g/mol. The highest BCUT2D eigenvalue weighted by Crippen LogP contribution is 2.29. The van der Waals surface area contributed by atoms with Gasteiger partial charge in [-0.1, -0.05) is 13.8 Å². The lowest BCUT2D eigenvalue weighted by molar-refractivity contribution is -0.115. The number of hydrogen-bond donors (Lipinski definition) is 1. The van der Waals surface area contributed by atoms with E-state index in [0.29, 0.717) is 23.9 Å². The van der Waals surface area contributed by atoms with E-state index in [0.717, 1.165) is 5.56 Å². The monoisotopic (exact) mass is 207 g/mol. The summed E-state index contributed by atoms with van der Waals surface area (Å²) in [5, 5.41) is 2.70. The third kappa shape index (κ3) is 1.65. The van der Waals surface area contributed by atoms with E-state index in [2.05, 4.69) is 15.3 Å². The lowest BCUT2D eigenvalue weighted by atomic mass is 10.2. The van der Waals surface area contributed by atoms with Crippen LogP contribution >= 0.6 is 0 Å². The second-order valence-electron chi connectivity index (χ2n) is 3.80. The normalized spacial score (nSPS) is 14.0. The molecule has 80 valence electrons. The number of hydrogen-bond acceptors (Lipinski definition) is 4. The van der Waals surface area contributed by atoms with Gasteiger partial charge in [0.25, 0.3) is 0 Å². The molecule has 0 spiro atoms. The number of anilines is 1. The van der Waals surface area contributed by atoms with E-state index in [1.165, 1.54) is 0 Å². The predicted octanol–water partition coefficient (Wildman–Crippen LogP) is 1.10. The van der Waals surface area contributed by atoms with E-state index in [4.69, 9.17) is 4.74 Å². The number of nitrogens with zero attached hydrogens (tertiary/aromatic N) is 2. The Hall–Kier alpha value is -1.65. The Morgan fingerprint density at radius 3 is 2.73 bits per heavy atom. The standard InChI is InChI=1S/C10H13N3O2/c1-5(2)8-12-9-6(4-7(14)11-9)10(13-8)15-3/h5H,4H2,1-3H3,(H,11,12,13,14). The molecule has 0 saturated carbocycles. The van der Waals surface area contributed by atoms with E-state index in [1.54, 1.807) is 7.11 Å². The van der Waals surface area contributed by atoms with Crippen LogP contribution < -0.4 is 10.1 Å². The summed E-state index contributed by atoms with van der Waals surface area (Å²) in [6, 6.07) is 0. The van der Waals surface area contributed by atoms with Crippen LogP contribution in [0.2, 0.25) is 0 Å². The largest absolute Gasteiger partial charge is 0.481 e. The van der Waals surface area contributed by atoms with E-state index < -0.39 is 0 Å². The van der Waals surface area contributed by atoms with Gasteiger partial charge < -0.3 is 10.1 Å². The van der Waals surface area contributed by atoms with E-state index in [9.17, 15) is 4.79 Å². The third-order valence-electron chi connectivity index (χ3n) is 2.29. The van der Waals surface area contributed by atoms with Crippen molar-refractivity contribution < 1.29 is 9.53 Å². The van der Waals surface area contributed by atoms with Gasteiger partial charge in [-0.05, 0) is 0 Å². The number of fused-ring (bicyclic) bond motifs is 1. The van der Waals surface area contributed by atoms with Gasteiger partial charge in [0.05, 0.1) is 19.1 Å². The molecule has 0 atom stereocenters. The van der Waals surface area contributed by atoms with Crippen LogP contribution in [0.5, 0.6) is 5.88 Å². The van der Waals surface area contributed by atoms with Crippen molar-refractivity contribution in [2.24, 2.45) is 0 Å². The first kappa shape index (κ1) is 9.89. The molecule has 2 rings (SSSR count). The van der Waals surface area contributed by atoms with Gasteiger partial charge in [0.2, 0.25) is 11.8 Å².